The third-order valence-electron chi connectivity index (χ3n) is 6.10. The molecule has 2 fully saturated rings. The Labute approximate surface area is 177 Å². The quantitative estimate of drug-likeness (QED) is 0.650. The molecule has 0 N–H and O–H groups in total. The van der Waals surface area contributed by atoms with Crippen LogP contribution in [0.3, 0.4) is 0 Å². The van der Waals surface area contributed by atoms with Gasteiger partial charge in [-0.25, -0.2) is 9.97 Å². The van der Waals surface area contributed by atoms with E-state index in [4.69, 9.17) is 9.97 Å². The summed E-state index contributed by atoms with van der Waals surface area (Å²) in [6, 6.07) is 8.50. The second-order valence-electron chi connectivity index (χ2n) is 7.83. The molecule has 29 heavy (non-hydrogen) atoms. The van der Waals surface area contributed by atoms with Crippen LogP contribution in [0, 0.1) is 0 Å². The minimum Gasteiger partial charge on any atom is -0.354 e. The van der Waals surface area contributed by atoms with Crippen molar-refractivity contribution in [3.8, 4) is 0 Å². The number of thioether (sulfide) groups is 1. The van der Waals surface area contributed by atoms with E-state index in [9.17, 15) is 4.79 Å². The van der Waals surface area contributed by atoms with Crippen LogP contribution in [-0.2, 0) is 4.79 Å². The molecule has 1 aromatic carbocycles. The molecule has 7 heteroatoms. The van der Waals surface area contributed by atoms with Crippen LogP contribution >= 0.6 is 11.8 Å². The number of carbonyl (C=O) groups excluding carboxylic acids is 1. The maximum absolute atomic E-state index is 12.9. The number of para-hydroxylation sites is 2. The number of rotatable bonds is 7. The number of hydrogen-bond acceptors (Lipinski definition) is 6. The first-order valence-electron chi connectivity index (χ1n) is 10.9. The topological polar surface area (TPSA) is 52.6 Å². The van der Waals surface area contributed by atoms with Crippen molar-refractivity contribution in [2.24, 2.45) is 0 Å². The Morgan fingerprint density at radius 1 is 1.10 bits per heavy atom. The standard InChI is InChI=1S/C22H31N5OS/c1-3-25(4-2)17-11-14-27(15-17)20(28)16-29-22-21(26-12-7-8-13-26)23-18-9-5-6-10-19(18)24-22/h5-6,9-10,17H,3-4,7-8,11-16H2,1-2H3. The number of benzene rings is 1. The van der Waals surface area contributed by atoms with E-state index >= 15 is 0 Å². The van der Waals surface area contributed by atoms with Gasteiger partial charge in [-0.2, -0.15) is 0 Å². The van der Waals surface area contributed by atoms with Crippen LogP contribution in [0.1, 0.15) is 33.1 Å². The van der Waals surface area contributed by atoms with Gasteiger partial charge >= 0.3 is 0 Å². The van der Waals surface area contributed by atoms with E-state index in [1.54, 1.807) is 11.8 Å². The van der Waals surface area contributed by atoms with Crippen molar-refractivity contribution in [1.29, 1.82) is 0 Å². The molecule has 2 aliphatic heterocycles. The first-order chi connectivity index (χ1) is 14.2. The number of likely N-dealkylation sites (tertiary alicyclic amines) is 1. The van der Waals surface area contributed by atoms with Crippen molar-refractivity contribution in [2.45, 2.75) is 44.2 Å². The first-order valence-corrected chi connectivity index (χ1v) is 11.8. The Hall–Kier alpha value is -1.86. The number of fused-ring (bicyclic) bond motifs is 1. The number of hydrogen-bond donors (Lipinski definition) is 0. The van der Waals surface area contributed by atoms with Crippen LogP contribution in [0.4, 0.5) is 5.82 Å². The van der Waals surface area contributed by atoms with Crippen LogP contribution in [0.25, 0.3) is 11.0 Å². The Morgan fingerprint density at radius 3 is 2.48 bits per heavy atom. The van der Waals surface area contributed by atoms with Crippen LogP contribution < -0.4 is 4.90 Å². The fourth-order valence-electron chi connectivity index (χ4n) is 4.43. The Morgan fingerprint density at radius 2 is 1.79 bits per heavy atom. The lowest BCUT2D eigenvalue weighted by atomic mass is 10.2. The molecule has 2 aliphatic rings. The molecule has 0 radical (unpaired) electrons. The molecule has 3 heterocycles. The molecule has 0 saturated carbocycles. The van der Waals surface area contributed by atoms with Crippen LogP contribution in [0.15, 0.2) is 29.3 Å². The summed E-state index contributed by atoms with van der Waals surface area (Å²) in [7, 11) is 0. The zero-order chi connectivity index (χ0) is 20.2. The molecule has 0 aliphatic carbocycles. The second-order valence-corrected chi connectivity index (χ2v) is 8.79. The largest absolute Gasteiger partial charge is 0.354 e. The summed E-state index contributed by atoms with van der Waals surface area (Å²) in [6.07, 6.45) is 3.46. The summed E-state index contributed by atoms with van der Waals surface area (Å²) < 4.78 is 0. The number of amides is 1. The number of anilines is 1. The summed E-state index contributed by atoms with van der Waals surface area (Å²) in [6.45, 7) is 10.2. The fraction of sp³-hybridized carbons (Fsp3) is 0.591. The maximum Gasteiger partial charge on any atom is 0.233 e. The van der Waals surface area contributed by atoms with Gasteiger partial charge in [0.1, 0.15) is 5.03 Å². The van der Waals surface area contributed by atoms with E-state index < -0.39 is 0 Å². The smallest absolute Gasteiger partial charge is 0.233 e. The highest BCUT2D eigenvalue weighted by Gasteiger charge is 2.29. The van der Waals surface area contributed by atoms with Crippen molar-refractivity contribution in [2.75, 3.05) is 49.9 Å². The van der Waals surface area contributed by atoms with Gasteiger partial charge < -0.3 is 9.80 Å². The van der Waals surface area contributed by atoms with Crippen LogP contribution in [-0.4, -0.2) is 76.7 Å². The number of carbonyl (C=O) groups is 1. The van der Waals surface area contributed by atoms with Gasteiger partial charge in [-0.05, 0) is 44.5 Å². The molecular formula is C22H31N5OS. The lowest BCUT2D eigenvalue weighted by Crippen LogP contribution is -2.39. The molecule has 0 spiro atoms. The summed E-state index contributed by atoms with van der Waals surface area (Å²) >= 11 is 1.54. The van der Waals surface area contributed by atoms with Crippen LogP contribution in [0.5, 0.6) is 0 Å². The summed E-state index contributed by atoms with van der Waals surface area (Å²) in [5.41, 5.74) is 1.82. The Kier molecular flexibility index (Phi) is 6.55. The molecule has 6 nitrogen and oxygen atoms in total. The fourth-order valence-corrected chi connectivity index (χ4v) is 5.34. The van der Waals surface area contributed by atoms with E-state index in [0.29, 0.717) is 11.8 Å². The highest BCUT2D eigenvalue weighted by Crippen LogP contribution is 2.31. The molecule has 1 unspecified atom stereocenters. The third-order valence-corrected chi connectivity index (χ3v) is 7.04. The molecule has 1 aromatic heterocycles. The maximum atomic E-state index is 12.9. The molecule has 1 atom stereocenters. The minimum absolute atomic E-state index is 0.215. The van der Waals surface area contributed by atoms with Gasteiger partial charge in [0.15, 0.2) is 5.82 Å². The van der Waals surface area contributed by atoms with Crippen molar-refractivity contribution in [3.05, 3.63) is 24.3 Å². The molecule has 4 rings (SSSR count). The summed E-state index contributed by atoms with van der Waals surface area (Å²) in [5.74, 6) is 1.59. The van der Waals surface area contributed by atoms with Gasteiger partial charge in [0, 0.05) is 32.2 Å². The predicted molar refractivity (Wildman–Crippen MR) is 120 cm³/mol. The van der Waals surface area contributed by atoms with Gasteiger partial charge in [-0.15, -0.1) is 0 Å². The van der Waals surface area contributed by atoms with Gasteiger partial charge in [0.25, 0.3) is 0 Å². The summed E-state index contributed by atoms with van der Waals surface area (Å²) in [5, 5.41) is 0.887. The van der Waals surface area contributed by atoms with Gasteiger partial charge in [-0.1, -0.05) is 37.7 Å². The highest BCUT2D eigenvalue weighted by molar-refractivity contribution is 8.00. The Bertz CT molecular complexity index is 850. The van der Waals surface area contributed by atoms with Crippen molar-refractivity contribution in [1.82, 2.24) is 19.8 Å². The van der Waals surface area contributed by atoms with Crippen LogP contribution in [0.2, 0.25) is 0 Å². The molecule has 0 bridgehead atoms. The van der Waals surface area contributed by atoms with E-state index in [1.807, 2.05) is 29.2 Å². The second kappa shape index (κ2) is 9.30. The first kappa shape index (κ1) is 20.4. The molecule has 1 amide bonds. The minimum atomic E-state index is 0.215. The average molecular weight is 414 g/mol. The average Bonchev–Trinajstić information content (AvgIpc) is 3.45. The van der Waals surface area contributed by atoms with E-state index in [1.165, 1.54) is 12.8 Å². The number of nitrogens with zero attached hydrogens (tertiary/aromatic N) is 5. The lowest BCUT2D eigenvalue weighted by Gasteiger charge is -2.26. The van der Waals surface area contributed by atoms with Crippen molar-refractivity contribution < 1.29 is 4.79 Å². The SMILES string of the molecule is CCN(CC)C1CCN(C(=O)CSc2nc3ccccc3nc2N2CCCC2)C1. The van der Waals surface area contributed by atoms with Crippen molar-refractivity contribution in [3.63, 3.8) is 0 Å². The number of aromatic nitrogens is 2. The van der Waals surface area contributed by atoms with Gasteiger partial charge in [-0.3, -0.25) is 9.69 Å². The number of likely N-dealkylation sites (N-methyl/N-ethyl adjacent to an activating group) is 1. The third kappa shape index (κ3) is 4.51. The van der Waals surface area contributed by atoms with E-state index in [-0.39, 0.29) is 5.91 Å². The van der Waals surface area contributed by atoms with Gasteiger partial charge in [0.05, 0.1) is 16.8 Å². The zero-order valence-electron chi connectivity index (χ0n) is 17.5. The zero-order valence-corrected chi connectivity index (χ0v) is 18.3. The molecule has 2 aromatic rings. The molecular weight excluding hydrogens is 382 g/mol. The normalized spacial score (nSPS) is 19.6. The summed E-state index contributed by atoms with van der Waals surface area (Å²) in [4.78, 5) is 29.5. The molecule has 156 valence electrons. The van der Waals surface area contributed by atoms with Gasteiger partial charge in [0.2, 0.25) is 5.91 Å². The molecule has 2 saturated heterocycles. The highest BCUT2D eigenvalue weighted by atomic mass is 32.2. The Balaban J connectivity index is 1.46. The van der Waals surface area contributed by atoms with E-state index in [0.717, 1.165) is 67.6 Å². The predicted octanol–water partition coefficient (Wildman–Crippen LogP) is 3.26. The van der Waals surface area contributed by atoms with Crippen molar-refractivity contribution >= 4 is 34.5 Å². The monoisotopic (exact) mass is 413 g/mol. The van der Waals surface area contributed by atoms with E-state index in [2.05, 4.69) is 23.6 Å². The lowest BCUT2D eigenvalue weighted by molar-refractivity contribution is -0.127.